The second-order valence-corrected chi connectivity index (χ2v) is 21.1. The van der Waals surface area contributed by atoms with Gasteiger partial charge in [-0.05, 0) is 87.5 Å². The lowest BCUT2D eigenvalue weighted by atomic mass is 9.49. The van der Waals surface area contributed by atoms with Gasteiger partial charge >= 0.3 is 0 Å². The highest BCUT2D eigenvalue weighted by Gasteiger charge is 2.64. The molecule has 66 heavy (non-hydrogen) atoms. The summed E-state index contributed by atoms with van der Waals surface area (Å²) in [7, 11) is 1.54. The zero-order chi connectivity index (χ0) is 46.1. The molecule has 1 amide bonds. The SMILES string of the molecule is COc1cc(OC2C(C)(C)C(NC(=O)c3cnc(N4CCC5(CCC(c6ccc(C7=N[C@@H](Cc8ncco8)c8nnc(C)n8-c8sc(C)c(C)c87)cc6)CC5)C4)nc3)C2(C)C)ccc1C#N. The number of hydrogen-bond acceptors (Lipinski definition) is 13. The van der Waals surface area contributed by atoms with Crippen LogP contribution in [0.5, 0.6) is 11.5 Å². The number of carbonyl (C=O) groups excluding carboxylic acids is 1. The van der Waals surface area contributed by atoms with Gasteiger partial charge in [-0.25, -0.2) is 15.0 Å². The zero-order valence-electron chi connectivity index (χ0n) is 38.9. The summed E-state index contributed by atoms with van der Waals surface area (Å²) in [6, 6.07) is 16.0. The minimum absolute atomic E-state index is 0.161. The Kier molecular flexibility index (Phi) is 10.9. The van der Waals surface area contributed by atoms with E-state index in [1.807, 2.05) is 6.92 Å². The molecule has 2 aliphatic carbocycles. The molecule has 6 heterocycles. The van der Waals surface area contributed by atoms with Crippen molar-refractivity contribution in [2.75, 3.05) is 25.1 Å². The number of aliphatic imine (C=N–C) groups is 1. The van der Waals surface area contributed by atoms with Crippen molar-refractivity contribution >= 4 is 28.9 Å². The maximum absolute atomic E-state index is 13.6. The van der Waals surface area contributed by atoms with Gasteiger partial charge in [0.05, 0.1) is 36.6 Å². The molecule has 4 aliphatic rings. The van der Waals surface area contributed by atoms with Crippen molar-refractivity contribution in [2.45, 2.75) is 111 Å². The number of methoxy groups -OCH3 is 1. The molecule has 0 bridgehead atoms. The number of nitriles is 1. The number of carbonyl (C=O) groups is 1. The molecule has 1 spiro atoms. The summed E-state index contributed by atoms with van der Waals surface area (Å²) in [5.74, 6) is 4.32. The topological polar surface area (TPSA) is 169 Å². The van der Waals surface area contributed by atoms with E-state index in [4.69, 9.17) is 28.9 Å². The lowest BCUT2D eigenvalue weighted by molar-refractivity contribution is -0.164. The Morgan fingerprint density at radius 3 is 2.41 bits per heavy atom. The number of nitrogens with one attached hydrogen (secondary N) is 1. The van der Waals surface area contributed by atoms with Crippen LogP contribution >= 0.6 is 11.3 Å². The van der Waals surface area contributed by atoms with Gasteiger partial charge in [0.25, 0.3) is 5.91 Å². The van der Waals surface area contributed by atoms with Crippen LogP contribution in [0, 0.1) is 48.3 Å². The third kappa shape index (κ3) is 7.43. The molecule has 10 rings (SSSR count). The first-order chi connectivity index (χ1) is 31.7. The molecule has 2 aromatic carbocycles. The summed E-state index contributed by atoms with van der Waals surface area (Å²) in [6.07, 6.45) is 12.6. The van der Waals surface area contributed by atoms with E-state index in [1.54, 1.807) is 54.4 Å². The van der Waals surface area contributed by atoms with Gasteiger partial charge in [-0.2, -0.15) is 5.26 Å². The van der Waals surface area contributed by atoms with Crippen molar-refractivity contribution in [3.8, 4) is 22.6 Å². The largest absolute Gasteiger partial charge is 0.495 e. The fraction of sp³-hybridized carbons (Fsp3) is 0.451. The minimum atomic E-state index is -0.377. The fourth-order valence-electron chi connectivity index (χ4n) is 11.6. The van der Waals surface area contributed by atoms with E-state index >= 15 is 0 Å². The third-order valence-corrected chi connectivity index (χ3v) is 16.3. The number of amides is 1. The van der Waals surface area contributed by atoms with Crippen LogP contribution in [0.1, 0.15) is 132 Å². The van der Waals surface area contributed by atoms with Gasteiger partial charge < -0.3 is 24.1 Å². The molecule has 6 aromatic rings. The summed E-state index contributed by atoms with van der Waals surface area (Å²) in [4.78, 5) is 36.5. The number of rotatable bonds is 10. The number of aromatic nitrogens is 6. The third-order valence-electron chi connectivity index (χ3n) is 15.1. The highest BCUT2D eigenvalue weighted by molar-refractivity contribution is 7.15. The van der Waals surface area contributed by atoms with Gasteiger partial charge in [0, 0.05) is 64.4 Å². The molecule has 1 saturated heterocycles. The molecule has 14 nitrogen and oxygen atoms in total. The Labute approximate surface area is 389 Å². The van der Waals surface area contributed by atoms with Crippen LogP contribution in [-0.2, 0) is 6.42 Å². The molecule has 3 fully saturated rings. The number of anilines is 1. The summed E-state index contributed by atoms with van der Waals surface area (Å²) in [5, 5.41) is 22.9. The average molecular weight is 905 g/mol. The second kappa shape index (κ2) is 16.5. The normalized spacial score (nSPS) is 21.5. The molecular weight excluding hydrogens is 849 g/mol. The Morgan fingerprint density at radius 1 is 0.985 bits per heavy atom. The van der Waals surface area contributed by atoms with Gasteiger partial charge in [-0.1, -0.05) is 52.0 Å². The van der Waals surface area contributed by atoms with E-state index in [0.29, 0.717) is 46.8 Å². The number of hydrogen-bond donors (Lipinski definition) is 1. The zero-order valence-corrected chi connectivity index (χ0v) is 39.7. The molecule has 2 saturated carbocycles. The van der Waals surface area contributed by atoms with Gasteiger partial charge in [-0.3, -0.25) is 14.4 Å². The van der Waals surface area contributed by atoms with E-state index in [-0.39, 0.29) is 40.3 Å². The quantitative estimate of drug-likeness (QED) is 0.139. The summed E-state index contributed by atoms with van der Waals surface area (Å²) in [6.45, 7) is 16.6. The molecule has 2 aliphatic heterocycles. The molecule has 340 valence electrons. The summed E-state index contributed by atoms with van der Waals surface area (Å²) in [5.41, 5.74) is 6.17. The van der Waals surface area contributed by atoms with Gasteiger partial charge in [0.15, 0.2) is 11.7 Å². The van der Waals surface area contributed by atoms with Gasteiger partial charge in [-0.15, -0.1) is 21.5 Å². The van der Waals surface area contributed by atoms with Gasteiger partial charge in [0.2, 0.25) is 5.95 Å². The first-order valence-corrected chi connectivity index (χ1v) is 23.7. The lowest BCUT2D eigenvalue weighted by Gasteiger charge is -2.63. The maximum Gasteiger partial charge on any atom is 0.254 e. The number of nitrogens with zero attached hydrogens (tertiary/aromatic N) is 9. The van der Waals surface area contributed by atoms with Crippen LogP contribution < -0.4 is 19.7 Å². The number of aryl methyl sites for hydroxylation is 2. The van der Waals surface area contributed by atoms with E-state index in [2.05, 4.69) is 102 Å². The second-order valence-electron chi connectivity index (χ2n) is 19.9. The smallest absolute Gasteiger partial charge is 0.254 e. The van der Waals surface area contributed by atoms with Crippen LogP contribution in [0.3, 0.4) is 0 Å². The first kappa shape index (κ1) is 43.5. The Hall–Kier alpha value is -6.40. The standard InChI is InChI=1S/C51H56N10O4S/c1-29-30(2)66-45-41(29)42(56-38(24-40-53-20-22-64-40)43-59-58-31(3)61(43)45)34-11-9-32(10-12-34)33-15-17-51(18-16-33)19-21-60(28-51)48-54-26-36(27-55-48)44(62)57-46-49(4,5)47(50(46,6)7)65-37-14-13-35(25-52)39(23-37)63-8/h9-14,20,22-23,26-27,33,38,46-47H,15-19,21,24,28H2,1-8H3,(H,57,62)/t33?,38-,46?,47?,51?/m0/s1. The van der Waals surface area contributed by atoms with Crippen LogP contribution in [0.15, 0.2) is 76.7 Å². The molecule has 15 heteroatoms. The highest BCUT2D eigenvalue weighted by atomic mass is 32.1. The molecule has 0 radical (unpaired) electrons. The van der Waals surface area contributed by atoms with Crippen molar-refractivity contribution < 1.29 is 18.7 Å². The van der Waals surface area contributed by atoms with E-state index < -0.39 is 0 Å². The Balaban J connectivity index is 0.771. The van der Waals surface area contributed by atoms with Gasteiger partial charge in [0.1, 0.15) is 46.8 Å². The van der Waals surface area contributed by atoms with E-state index in [0.717, 1.165) is 78.7 Å². The van der Waals surface area contributed by atoms with Crippen molar-refractivity contribution in [1.82, 2.24) is 35.0 Å². The predicted molar refractivity (Wildman–Crippen MR) is 252 cm³/mol. The van der Waals surface area contributed by atoms with E-state index in [1.165, 1.54) is 23.1 Å². The van der Waals surface area contributed by atoms with Crippen molar-refractivity contribution in [1.29, 1.82) is 5.26 Å². The average Bonchev–Trinajstić information content (AvgIpc) is 4.12. The van der Waals surface area contributed by atoms with Crippen molar-refractivity contribution in [3.63, 3.8) is 0 Å². The monoisotopic (exact) mass is 904 g/mol. The van der Waals surface area contributed by atoms with Crippen molar-refractivity contribution in [3.05, 3.63) is 123 Å². The van der Waals surface area contributed by atoms with Crippen LogP contribution in [0.25, 0.3) is 5.00 Å². The number of benzene rings is 2. The Bertz CT molecular complexity index is 2850. The number of fused-ring (bicyclic) bond motifs is 3. The number of thiophene rings is 1. The number of oxazole rings is 1. The van der Waals surface area contributed by atoms with E-state index in [9.17, 15) is 10.1 Å². The molecule has 1 N–H and O–H groups in total. The van der Waals surface area contributed by atoms with Crippen LogP contribution in [-0.4, -0.2) is 73.7 Å². The summed E-state index contributed by atoms with van der Waals surface area (Å²) >= 11 is 1.76. The lowest BCUT2D eigenvalue weighted by Crippen LogP contribution is -2.74. The highest BCUT2D eigenvalue weighted by Crippen LogP contribution is 2.56. The molecule has 0 unspecified atom stereocenters. The minimum Gasteiger partial charge on any atom is -0.495 e. The predicted octanol–water partition coefficient (Wildman–Crippen LogP) is 9.21. The molecular formula is C51H56N10O4S. The molecule has 1 atom stereocenters. The number of ether oxygens (including phenoxy) is 2. The first-order valence-electron chi connectivity index (χ1n) is 22.9. The van der Waals surface area contributed by atoms with Crippen LogP contribution in [0.4, 0.5) is 5.95 Å². The fourth-order valence-corrected chi connectivity index (χ4v) is 12.8. The van der Waals surface area contributed by atoms with Crippen molar-refractivity contribution in [2.24, 2.45) is 21.2 Å². The molecule has 4 aromatic heterocycles. The Morgan fingerprint density at radius 2 is 1.73 bits per heavy atom. The maximum atomic E-state index is 13.6. The van der Waals surface area contributed by atoms with Crippen LogP contribution in [0.2, 0.25) is 0 Å². The summed E-state index contributed by atoms with van der Waals surface area (Å²) < 4.78 is 19.7.